The Morgan fingerprint density at radius 1 is 0.425 bits per heavy atom. The lowest BCUT2D eigenvalue weighted by Gasteiger charge is -2.19. The molecular formula is C63H116NO8P. The van der Waals surface area contributed by atoms with E-state index in [0.29, 0.717) is 6.42 Å². The van der Waals surface area contributed by atoms with E-state index >= 15 is 0 Å². The van der Waals surface area contributed by atoms with Crippen LogP contribution in [-0.2, 0) is 32.7 Å². The number of nitrogens with two attached hydrogens (primary N) is 1. The molecule has 0 aromatic rings. The molecule has 0 aromatic heterocycles. The number of allylic oxidation sites excluding steroid dienone is 10. The highest BCUT2D eigenvalue weighted by Gasteiger charge is 2.26. The van der Waals surface area contributed by atoms with E-state index in [1.54, 1.807) is 0 Å². The molecule has 2 atom stereocenters. The first-order chi connectivity index (χ1) is 35.8. The van der Waals surface area contributed by atoms with Crippen LogP contribution in [0.25, 0.3) is 0 Å². The number of carbonyl (C=O) groups excluding carboxylic acids is 2. The average molecular weight is 1050 g/mol. The van der Waals surface area contributed by atoms with Crippen molar-refractivity contribution in [1.29, 1.82) is 0 Å². The Balaban J connectivity index is 3.89. The van der Waals surface area contributed by atoms with Crippen LogP contribution in [0.5, 0.6) is 0 Å². The summed E-state index contributed by atoms with van der Waals surface area (Å²) in [6.45, 7) is 3.66. The number of phosphoric acid groups is 1. The summed E-state index contributed by atoms with van der Waals surface area (Å²) in [7, 11) is -4.39. The SMILES string of the molecule is CC/C=C\C/C=C\C/C=C\C/C=C\CCCCCCCCCCC(=O)OC(COC(=O)CCCCCCCCCCCCCCCCCCCCC/C=C\CCCCCCCCCC)COP(=O)(O)OCCN. The van der Waals surface area contributed by atoms with Crippen LogP contribution >= 0.6 is 7.82 Å². The van der Waals surface area contributed by atoms with Crippen LogP contribution < -0.4 is 5.73 Å². The minimum atomic E-state index is -4.39. The molecule has 0 fully saturated rings. The van der Waals surface area contributed by atoms with Crippen molar-refractivity contribution < 1.29 is 37.6 Å². The molecule has 0 heterocycles. The van der Waals surface area contributed by atoms with E-state index in [1.807, 2.05) is 0 Å². The number of esters is 2. The van der Waals surface area contributed by atoms with E-state index in [0.717, 1.165) is 70.6 Å². The first-order valence-electron chi connectivity index (χ1n) is 30.8. The zero-order chi connectivity index (χ0) is 53.1. The van der Waals surface area contributed by atoms with Crippen LogP contribution in [0.15, 0.2) is 60.8 Å². The molecule has 3 N–H and O–H groups in total. The minimum absolute atomic E-state index is 0.0510. The third kappa shape index (κ3) is 58.8. The van der Waals surface area contributed by atoms with E-state index in [1.165, 1.54) is 193 Å². The maximum absolute atomic E-state index is 12.7. The van der Waals surface area contributed by atoms with Crippen LogP contribution in [0.4, 0.5) is 0 Å². The van der Waals surface area contributed by atoms with Gasteiger partial charge < -0.3 is 20.1 Å². The van der Waals surface area contributed by atoms with Crippen molar-refractivity contribution in [1.82, 2.24) is 0 Å². The van der Waals surface area contributed by atoms with Crippen LogP contribution in [0.1, 0.15) is 296 Å². The lowest BCUT2D eigenvalue weighted by molar-refractivity contribution is -0.161. The van der Waals surface area contributed by atoms with Gasteiger partial charge >= 0.3 is 19.8 Å². The van der Waals surface area contributed by atoms with Crippen LogP contribution in [0.2, 0.25) is 0 Å². The molecule has 0 aliphatic rings. The van der Waals surface area contributed by atoms with Gasteiger partial charge in [-0.2, -0.15) is 0 Å². The fourth-order valence-electron chi connectivity index (χ4n) is 8.86. The highest BCUT2D eigenvalue weighted by molar-refractivity contribution is 7.47. The van der Waals surface area contributed by atoms with Crippen molar-refractivity contribution in [3.8, 4) is 0 Å². The van der Waals surface area contributed by atoms with Crippen LogP contribution in [0, 0.1) is 0 Å². The molecule has 9 nitrogen and oxygen atoms in total. The summed E-state index contributed by atoms with van der Waals surface area (Å²) in [5.74, 6) is -0.827. The standard InChI is InChI=1S/C63H116NO8P/c1-3-5-7-9-11-13-15-17-19-21-23-25-26-27-28-29-30-31-32-33-34-36-37-39-41-43-45-47-49-51-53-55-62(65)69-59-61(60-71-73(67,68)70-58-57-64)72-63(66)56-54-52-50-48-46-44-42-40-38-35-24-22-20-18-16-14-12-10-8-6-4-2/h6,8,12,14,18,20-21,23-24,35,61H,3-5,7,9-11,13,15-17,19,22,25-34,36-60,64H2,1-2H3,(H,67,68)/b8-6-,14-12-,20-18-,23-21-,35-24-. The van der Waals surface area contributed by atoms with Crippen molar-refractivity contribution in [3.63, 3.8) is 0 Å². The van der Waals surface area contributed by atoms with Gasteiger partial charge in [-0.1, -0.05) is 267 Å². The third-order valence-electron chi connectivity index (χ3n) is 13.4. The number of hydrogen-bond donors (Lipinski definition) is 2. The number of hydrogen-bond acceptors (Lipinski definition) is 8. The summed E-state index contributed by atoms with van der Waals surface area (Å²) < 4.78 is 33.1. The Kier molecular flexibility index (Phi) is 57.1. The fourth-order valence-corrected chi connectivity index (χ4v) is 9.63. The Morgan fingerprint density at radius 3 is 1.14 bits per heavy atom. The third-order valence-corrected chi connectivity index (χ3v) is 14.4. The summed E-state index contributed by atoms with van der Waals surface area (Å²) in [6.07, 6.45) is 74.4. The van der Waals surface area contributed by atoms with E-state index in [2.05, 4.69) is 74.6 Å². The number of unbranched alkanes of at least 4 members (excludes halogenated alkanes) is 35. The van der Waals surface area contributed by atoms with Crippen LogP contribution in [-0.4, -0.2) is 49.3 Å². The largest absolute Gasteiger partial charge is 0.472 e. The lowest BCUT2D eigenvalue weighted by Crippen LogP contribution is -2.29. The van der Waals surface area contributed by atoms with Gasteiger partial charge in [0.15, 0.2) is 6.10 Å². The summed E-state index contributed by atoms with van der Waals surface area (Å²) >= 11 is 0. The van der Waals surface area contributed by atoms with E-state index in [4.69, 9.17) is 24.3 Å². The molecule has 0 amide bonds. The number of carbonyl (C=O) groups is 2. The first kappa shape index (κ1) is 70.7. The van der Waals surface area contributed by atoms with Gasteiger partial charge in [0.25, 0.3) is 0 Å². The lowest BCUT2D eigenvalue weighted by atomic mass is 10.0. The predicted octanol–water partition coefficient (Wildman–Crippen LogP) is 19.5. The monoisotopic (exact) mass is 1050 g/mol. The molecule has 0 spiro atoms. The van der Waals surface area contributed by atoms with E-state index < -0.39 is 26.5 Å². The van der Waals surface area contributed by atoms with Crippen molar-refractivity contribution in [2.75, 3.05) is 26.4 Å². The highest BCUT2D eigenvalue weighted by Crippen LogP contribution is 2.43. The van der Waals surface area contributed by atoms with Crippen LogP contribution in [0.3, 0.4) is 0 Å². The summed E-state index contributed by atoms with van der Waals surface area (Å²) in [5, 5.41) is 0. The molecule has 0 radical (unpaired) electrons. The molecule has 0 saturated heterocycles. The van der Waals surface area contributed by atoms with Crippen molar-refractivity contribution in [2.45, 2.75) is 302 Å². The van der Waals surface area contributed by atoms with Gasteiger partial charge in [-0.05, 0) is 77.0 Å². The van der Waals surface area contributed by atoms with Gasteiger partial charge in [0.2, 0.25) is 0 Å². The molecule has 0 rings (SSSR count). The molecule has 73 heavy (non-hydrogen) atoms. The average Bonchev–Trinajstić information content (AvgIpc) is 3.38. The molecule has 0 aliphatic carbocycles. The van der Waals surface area contributed by atoms with Gasteiger partial charge in [-0.25, -0.2) is 4.57 Å². The second kappa shape index (κ2) is 59.0. The zero-order valence-corrected chi connectivity index (χ0v) is 48.5. The normalized spacial score (nSPS) is 13.4. The Labute approximate surface area is 450 Å². The van der Waals surface area contributed by atoms with Gasteiger partial charge in [0, 0.05) is 19.4 Å². The second-order valence-electron chi connectivity index (χ2n) is 20.5. The second-order valence-corrected chi connectivity index (χ2v) is 22.0. The van der Waals surface area contributed by atoms with Crippen molar-refractivity contribution in [3.05, 3.63) is 60.8 Å². The minimum Gasteiger partial charge on any atom is -0.462 e. The van der Waals surface area contributed by atoms with Gasteiger partial charge in [0.05, 0.1) is 13.2 Å². The predicted molar refractivity (Wildman–Crippen MR) is 312 cm³/mol. The molecule has 0 aromatic carbocycles. The van der Waals surface area contributed by atoms with Gasteiger partial charge in [-0.15, -0.1) is 0 Å². The van der Waals surface area contributed by atoms with E-state index in [-0.39, 0.29) is 38.6 Å². The molecule has 0 aliphatic heterocycles. The topological polar surface area (TPSA) is 134 Å². The Hall–Kier alpha value is -2.29. The zero-order valence-electron chi connectivity index (χ0n) is 47.6. The van der Waals surface area contributed by atoms with Gasteiger partial charge in [-0.3, -0.25) is 18.6 Å². The number of rotatable bonds is 58. The number of ether oxygens (including phenoxy) is 2. The molecule has 2 unspecified atom stereocenters. The molecular weight excluding hydrogens is 930 g/mol. The molecule has 0 bridgehead atoms. The molecule has 10 heteroatoms. The molecule has 0 saturated carbocycles. The van der Waals surface area contributed by atoms with Crippen molar-refractivity contribution >= 4 is 19.8 Å². The maximum atomic E-state index is 12.7. The highest BCUT2D eigenvalue weighted by atomic mass is 31.2. The summed E-state index contributed by atoms with van der Waals surface area (Å²) in [6, 6.07) is 0. The molecule has 426 valence electrons. The smallest absolute Gasteiger partial charge is 0.462 e. The summed E-state index contributed by atoms with van der Waals surface area (Å²) in [5.41, 5.74) is 5.39. The first-order valence-corrected chi connectivity index (χ1v) is 32.3. The maximum Gasteiger partial charge on any atom is 0.472 e. The quantitative estimate of drug-likeness (QED) is 0.0264. The van der Waals surface area contributed by atoms with E-state index in [9.17, 15) is 19.0 Å². The summed E-state index contributed by atoms with van der Waals surface area (Å²) in [4.78, 5) is 35.2. The number of phosphoric ester groups is 1. The van der Waals surface area contributed by atoms with Gasteiger partial charge in [0.1, 0.15) is 6.61 Å². The fraction of sp³-hybridized carbons (Fsp3) is 0.810. The Morgan fingerprint density at radius 2 is 0.753 bits per heavy atom. The van der Waals surface area contributed by atoms with Crippen molar-refractivity contribution in [2.24, 2.45) is 5.73 Å². The Bertz CT molecular complexity index is 1380.